The van der Waals surface area contributed by atoms with Crippen molar-refractivity contribution in [3.05, 3.63) is 73.1 Å². The summed E-state index contributed by atoms with van der Waals surface area (Å²) in [5, 5.41) is 2.79. The molecule has 6 heteroatoms. The number of ether oxygens (including phenoxy) is 1. The molecule has 0 saturated carbocycles. The second kappa shape index (κ2) is 7.06. The molecule has 0 bridgehead atoms. The summed E-state index contributed by atoms with van der Waals surface area (Å²) in [6.07, 6.45) is 3.32. The summed E-state index contributed by atoms with van der Waals surface area (Å²) in [6.45, 7) is -0.0517. The summed E-state index contributed by atoms with van der Waals surface area (Å²) in [4.78, 5) is 20.4. The second-order valence-electron chi connectivity index (χ2n) is 5.59. The Morgan fingerprint density at radius 2 is 1.85 bits per heavy atom. The van der Waals surface area contributed by atoms with E-state index in [0.29, 0.717) is 28.4 Å². The van der Waals surface area contributed by atoms with Gasteiger partial charge in [-0.15, -0.1) is 0 Å². The van der Waals surface area contributed by atoms with Crippen molar-refractivity contribution in [3.8, 4) is 17.2 Å². The van der Waals surface area contributed by atoms with Crippen LogP contribution in [0.2, 0.25) is 0 Å². The van der Waals surface area contributed by atoms with Gasteiger partial charge in [0, 0.05) is 23.5 Å². The third-order valence-corrected chi connectivity index (χ3v) is 3.72. The molecular formula is C20H15N3O3. The molecule has 128 valence electrons. The lowest BCUT2D eigenvalue weighted by Crippen LogP contribution is -2.20. The fraction of sp³-hybridized carbons (Fsp3) is 0.0500. The van der Waals surface area contributed by atoms with Crippen molar-refractivity contribution in [1.82, 2.24) is 9.97 Å². The summed E-state index contributed by atoms with van der Waals surface area (Å²) >= 11 is 0. The molecule has 0 atom stereocenters. The maximum atomic E-state index is 12.0. The number of aromatic nitrogens is 2. The highest BCUT2D eigenvalue weighted by molar-refractivity contribution is 5.92. The molecule has 0 aliphatic heterocycles. The predicted octanol–water partition coefficient (Wildman–Crippen LogP) is 3.91. The van der Waals surface area contributed by atoms with Gasteiger partial charge in [-0.2, -0.15) is 0 Å². The third kappa shape index (κ3) is 3.54. The molecule has 2 aromatic carbocycles. The summed E-state index contributed by atoms with van der Waals surface area (Å²) in [5.74, 6) is 0.941. The lowest BCUT2D eigenvalue weighted by atomic mass is 10.2. The Bertz CT molecular complexity index is 994. The molecule has 0 aliphatic rings. The maximum Gasteiger partial charge on any atom is 0.262 e. The Labute approximate surface area is 149 Å². The molecule has 4 aromatic rings. The zero-order valence-electron chi connectivity index (χ0n) is 13.8. The molecule has 1 amide bonds. The fourth-order valence-corrected chi connectivity index (χ4v) is 2.46. The Morgan fingerprint density at radius 3 is 2.62 bits per heavy atom. The van der Waals surface area contributed by atoms with Gasteiger partial charge in [0.25, 0.3) is 5.91 Å². The van der Waals surface area contributed by atoms with E-state index in [1.54, 1.807) is 42.7 Å². The number of carbonyl (C=O) groups excluding carboxylic acids is 1. The highest BCUT2D eigenvalue weighted by Crippen LogP contribution is 2.24. The first-order valence-electron chi connectivity index (χ1n) is 8.07. The summed E-state index contributed by atoms with van der Waals surface area (Å²) in [6, 6.07) is 18.2. The van der Waals surface area contributed by atoms with E-state index in [9.17, 15) is 4.79 Å². The lowest BCUT2D eigenvalue weighted by molar-refractivity contribution is -0.118. The first-order chi connectivity index (χ1) is 12.8. The summed E-state index contributed by atoms with van der Waals surface area (Å²) in [5.41, 5.74) is 2.89. The van der Waals surface area contributed by atoms with E-state index in [0.717, 1.165) is 5.56 Å². The molecule has 4 rings (SSSR count). The molecule has 1 N–H and O–H groups in total. The largest absolute Gasteiger partial charge is 0.484 e. The Balaban J connectivity index is 1.40. The number of fused-ring (bicyclic) bond motifs is 1. The van der Waals surface area contributed by atoms with Crippen molar-refractivity contribution in [2.45, 2.75) is 0 Å². The zero-order valence-corrected chi connectivity index (χ0v) is 13.8. The normalized spacial score (nSPS) is 10.6. The average molecular weight is 345 g/mol. The highest BCUT2D eigenvalue weighted by Gasteiger charge is 2.09. The number of oxazole rings is 1. The molecular weight excluding hydrogens is 330 g/mol. The van der Waals surface area contributed by atoms with Gasteiger partial charge in [0.15, 0.2) is 12.2 Å². The van der Waals surface area contributed by atoms with Crippen LogP contribution in [0.3, 0.4) is 0 Å². The minimum atomic E-state index is -0.227. The smallest absolute Gasteiger partial charge is 0.262 e. The van der Waals surface area contributed by atoms with Crippen LogP contribution < -0.4 is 10.1 Å². The first kappa shape index (κ1) is 15.8. The van der Waals surface area contributed by atoms with E-state index in [2.05, 4.69) is 15.3 Å². The summed E-state index contributed by atoms with van der Waals surface area (Å²) < 4.78 is 11.1. The van der Waals surface area contributed by atoms with Crippen LogP contribution in [0.5, 0.6) is 5.75 Å². The minimum Gasteiger partial charge on any atom is -0.484 e. The SMILES string of the molecule is O=C(COc1ccccc1)Nc1ccc(-c2nc3cnccc3o2)cc1. The van der Waals surface area contributed by atoms with Gasteiger partial charge in [-0.3, -0.25) is 9.78 Å². The molecule has 6 nitrogen and oxygen atoms in total. The van der Waals surface area contributed by atoms with Gasteiger partial charge in [-0.25, -0.2) is 4.98 Å². The van der Waals surface area contributed by atoms with Gasteiger partial charge in [0.1, 0.15) is 11.3 Å². The molecule has 0 unspecified atom stereocenters. The first-order valence-corrected chi connectivity index (χ1v) is 8.07. The Morgan fingerprint density at radius 1 is 1.04 bits per heavy atom. The van der Waals surface area contributed by atoms with Gasteiger partial charge >= 0.3 is 0 Å². The van der Waals surface area contributed by atoms with Crippen LogP contribution in [0.1, 0.15) is 0 Å². The number of pyridine rings is 1. The Kier molecular flexibility index (Phi) is 4.30. The van der Waals surface area contributed by atoms with Gasteiger partial charge in [-0.05, 0) is 36.4 Å². The van der Waals surface area contributed by atoms with Crippen LogP contribution in [0.25, 0.3) is 22.6 Å². The average Bonchev–Trinajstić information content (AvgIpc) is 3.12. The fourth-order valence-electron chi connectivity index (χ4n) is 2.46. The van der Waals surface area contributed by atoms with Gasteiger partial charge in [0.2, 0.25) is 5.89 Å². The van der Waals surface area contributed by atoms with Crippen molar-refractivity contribution < 1.29 is 13.9 Å². The molecule has 0 spiro atoms. The van der Waals surface area contributed by atoms with E-state index in [1.807, 2.05) is 30.3 Å². The van der Waals surface area contributed by atoms with Crippen LogP contribution in [-0.4, -0.2) is 22.5 Å². The van der Waals surface area contributed by atoms with Gasteiger partial charge < -0.3 is 14.5 Å². The van der Waals surface area contributed by atoms with Crippen LogP contribution in [0.15, 0.2) is 77.5 Å². The molecule has 2 heterocycles. The van der Waals surface area contributed by atoms with Crippen molar-refractivity contribution >= 4 is 22.7 Å². The number of hydrogen-bond acceptors (Lipinski definition) is 5. The maximum absolute atomic E-state index is 12.0. The number of nitrogens with one attached hydrogen (secondary N) is 1. The number of amides is 1. The van der Waals surface area contributed by atoms with E-state index in [-0.39, 0.29) is 12.5 Å². The molecule has 26 heavy (non-hydrogen) atoms. The monoisotopic (exact) mass is 345 g/mol. The van der Waals surface area contributed by atoms with Crippen LogP contribution in [0.4, 0.5) is 5.69 Å². The number of benzene rings is 2. The molecule has 0 fully saturated rings. The third-order valence-electron chi connectivity index (χ3n) is 3.72. The van der Waals surface area contributed by atoms with Gasteiger partial charge in [-0.1, -0.05) is 18.2 Å². The van der Waals surface area contributed by atoms with Crippen molar-refractivity contribution in [1.29, 1.82) is 0 Å². The van der Waals surface area contributed by atoms with E-state index in [1.165, 1.54) is 0 Å². The number of anilines is 1. The number of carbonyl (C=O) groups is 1. The highest BCUT2D eigenvalue weighted by atomic mass is 16.5. The van der Waals surface area contributed by atoms with Crippen molar-refractivity contribution in [3.63, 3.8) is 0 Å². The quantitative estimate of drug-likeness (QED) is 0.593. The molecule has 0 radical (unpaired) electrons. The lowest BCUT2D eigenvalue weighted by Gasteiger charge is -2.07. The van der Waals surface area contributed by atoms with Crippen LogP contribution in [0, 0.1) is 0 Å². The van der Waals surface area contributed by atoms with Gasteiger partial charge in [0.05, 0.1) is 6.20 Å². The predicted molar refractivity (Wildman–Crippen MR) is 97.8 cm³/mol. The van der Waals surface area contributed by atoms with E-state index in [4.69, 9.17) is 9.15 Å². The van der Waals surface area contributed by atoms with E-state index < -0.39 is 0 Å². The molecule has 0 saturated heterocycles. The summed E-state index contributed by atoms with van der Waals surface area (Å²) in [7, 11) is 0. The Hall–Kier alpha value is -3.67. The van der Waals surface area contributed by atoms with Crippen LogP contribution in [-0.2, 0) is 4.79 Å². The second-order valence-corrected chi connectivity index (χ2v) is 5.59. The number of nitrogens with zero attached hydrogens (tertiary/aromatic N) is 2. The van der Waals surface area contributed by atoms with E-state index >= 15 is 0 Å². The number of para-hydroxylation sites is 1. The molecule has 2 aromatic heterocycles. The van der Waals surface area contributed by atoms with Crippen molar-refractivity contribution in [2.75, 3.05) is 11.9 Å². The number of rotatable bonds is 5. The topological polar surface area (TPSA) is 77.2 Å². The zero-order chi connectivity index (χ0) is 17.8. The minimum absolute atomic E-state index is 0.0517. The molecule has 0 aliphatic carbocycles. The standard InChI is InChI=1S/C20H15N3O3/c24-19(13-25-16-4-2-1-3-5-16)22-15-8-6-14(7-9-15)20-23-17-12-21-11-10-18(17)26-20/h1-12H,13H2,(H,22,24). The number of hydrogen-bond donors (Lipinski definition) is 1. The van der Waals surface area contributed by atoms with Crippen molar-refractivity contribution in [2.24, 2.45) is 0 Å². The van der Waals surface area contributed by atoms with Crippen LogP contribution >= 0.6 is 0 Å².